The molecule has 0 radical (unpaired) electrons. The molecule has 13 heavy (non-hydrogen) atoms. The van der Waals surface area contributed by atoms with E-state index in [1.807, 2.05) is 5.32 Å². The number of carbonyl (C=O) groups is 1. The molecule has 1 amide bonds. The highest BCUT2D eigenvalue weighted by Crippen LogP contribution is 2.13. The van der Waals surface area contributed by atoms with Gasteiger partial charge in [0.1, 0.15) is 6.54 Å². The van der Waals surface area contributed by atoms with Crippen molar-refractivity contribution in [3.05, 3.63) is 0 Å². The molecule has 1 aliphatic rings. The van der Waals surface area contributed by atoms with Crippen LogP contribution in [0.1, 0.15) is 0 Å². The number of nitrogens with one attached hydrogen (secondary N) is 2. The summed E-state index contributed by atoms with van der Waals surface area (Å²) in [5, 5.41) is 4.60. The van der Waals surface area contributed by atoms with Crippen molar-refractivity contribution in [3.63, 3.8) is 0 Å². The van der Waals surface area contributed by atoms with E-state index in [0.29, 0.717) is 11.6 Å². The van der Waals surface area contributed by atoms with Gasteiger partial charge in [-0.3, -0.25) is 10.1 Å². The van der Waals surface area contributed by atoms with Crippen molar-refractivity contribution < 1.29 is 18.0 Å². The molecule has 1 unspecified atom stereocenters. The molecule has 76 valence electrons. The molecule has 1 saturated heterocycles. The molecule has 7 heteroatoms. The summed E-state index contributed by atoms with van der Waals surface area (Å²) in [4.78, 5) is 11.0. The number of amides is 1. The Labute approximate surface area is 77.4 Å². The van der Waals surface area contributed by atoms with E-state index < -0.39 is 24.7 Å². The highest BCUT2D eigenvalue weighted by Gasteiger charge is 2.30. The van der Waals surface area contributed by atoms with Crippen LogP contribution in [-0.2, 0) is 4.79 Å². The first-order valence-electron chi connectivity index (χ1n) is 3.64. The van der Waals surface area contributed by atoms with Gasteiger partial charge in [-0.25, -0.2) is 0 Å². The van der Waals surface area contributed by atoms with Crippen molar-refractivity contribution in [3.8, 4) is 0 Å². The van der Waals surface area contributed by atoms with Crippen molar-refractivity contribution in [1.82, 2.24) is 10.6 Å². The van der Waals surface area contributed by atoms with Crippen LogP contribution in [0.15, 0.2) is 0 Å². The smallest absolute Gasteiger partial charge is 0.346 e. The molecule has 0 aromatic carbocycles. The van der Waals surface area contributed by atoms with Crippen LogP contribution in [0.5, 0.6) is 0 Å². The maximum absolute atomic E-state index is 11.7. The third-order valence-corrected chi connectivity index (χ3v) is 2.44. The van der Waals surface area contributed by atoms with Gasteiger partial charge >= 0.3 is 6.18 Å². The zero-order chi connectivity index (χ0) is 9.90. The summed E-state index contributed by atoms with van der Waals surface area (Å²) in [6, 6.07) is -0.479. The number of thioether (sulfide) groups is 1. The van der Waals surface area contributed by atoms with Crippen LogP contribution in [0, 0.1) is 0 Å². The fourth-order valence-electron chi connectivity index (χ4n) is 0.874. The number of rotatable bonds is 2. The number of hydrogen-bond donors (Lipinski definition) is 2. The van der Waals surface area contributed by atoms with Gasteiger partial charge in [0, 0.05) is 11.6 Å². The maximum atomic E-state index is 11.7. The van der Waals surface area contributed by atoms with Gasteiger partial charge in [-0.2, -0.15) is 13.2 Å². The first-order chi connectivity index (χ1) is 5.99. The molecule has 0 aliphatic carbocycles. The molecule has 1 rings (SSSR count). The molecule has 1 heterocycles. The van der Waals surface area contributed by atoms with E-state index in [9.17, 15) is 18.0 Å². The summed E-state index contributed by atoms with van der Waals surface area (Å²) in [7, 11) is 0. The van der Waals surface area contributed by atoms with Crippen molar-refractivity contribution in [2.75, 3.05) is 18.2 Å². The van der Waals surface area contributed by atoms with Gasteiger partial charge in [0.05, 0.1) is 6.04 Å². The standard InChI is InChI=1S/C6H9F3N2OS/c7-6(8,9)2-10-5(12)4-1-13-3-11-4/h4,11H,1-3H2,(H,10,12). The molecule has 0 spiro atoms. The minimum atomic E-state index is -4.33. The van der Waals surface area contributed by atoms with Crippen LogP contribution < -0.4 is 10.6 Å². The summed E-state index contributed by atoms with van der Waals surface area (Å²) in [6.07, 6.45) is -4.33. The lowest BCUT2D eigenvalue weighted by Gasteiger charge is -2.11. The Bertz CT molecular complexity index is 191. The highest BCUT2D eigenvalue weighted by molar-refractivity contribution is 7.99. The lowest BCUT2D eigenvalue weighted by Crippen LogP contribution is -2.45. The van der Waals surface area contributed by atoms with Gasteiger partial charge in [0.2, 0.25) is 5.91 Å². The third kappa shape index (κ3) is 3.86. The predicted octanol–water partition coefficient (Wildman–Crippen LogP) is 0.327. The van der Waals surface area contributed by atoms with Gasteiger partial charge in [-0.15, -0.1) is 11.8 Å². The lowest BCUT2D eigenvalue weighted by molar-refractivity contribution is -0.139. The quantitative estimate of drug-likeness (QED) is 0.696. The summed E-state index contributed by atoms with van der Waals surface area (Å²) in [6.45, 7) is -1.26. The molecule has 0 aromatic rings. The molecule has 2 N–H and O–H groups in total. The Morgan fingerprint density at radius 2 is 2.31 bits per heavy atom. The number of carbonyl (C=O) groups excluding carboxylic acids is 1. The topological polar surface area (TPSA) is 41.1 Å². The Balaban J connectivity index is 2.25. The van der Waals surface area contributed by atoms with E-state index in [2.05, 4.69) is 5.32 Å². The van der Waals surface area contributed by atoms with Gasteiger partial charge in [-0.05, 0) is 0 Å². The van der Waals surface area contributed by atoms with E-state index in [1.54, 1.807) is 0 Å². The number of alkyl halides is 3. The van der Waals surface area contributed by atoms with Crippen LogP contribution in [0.25, 0.3) is 0 Å². The van der Waals surface area contributed by atoms with E-state index in [1.165, 1.54) is 11.8 Å². The van der Waals surface area contributed by atoms with Crippen molar-refractivity contribution >= 4 is 17.7 Å². The number of halogens is 3. The molecule has 0 bridgehead atoms. The molecule has 1 atom stereocenters. The van der Waals surface area contributed by atoms with E-state index in [-0.39, 0.29) is 0 Å². The second-order valence-electron chi connectivity index (χ2n) is 2.60. The van der Waals surface area contributed by atoms with Crippen molar-refractivity contribution in [2.45, 2.75) is 12.2 Å². The Hall–Kier alpha value is -0.430. The fraction of sp³-hybridized carbons (Fsp3) is 0.833. The third-order valence-electron chi connectivity index (χ3n) is 1.50. The second kappa shape index (κ2) is 4.19. The number of hydrogen-bond acceptors (Lipinski definition) is 3. The molecule has 0 aromatic heterocycles. The van der Waals surface area contributed by atoms with E-state index in [0.717, 1.165) is 0 Å². The summed E-state index contributed by atoms with van der Waals surface area (Å²) < 4.78 is 35.0. The zero-order valence-electron chi connectivity index (χ0n) is 6.65. The second-order valence-corrected chi connectivity index (χ2v) is 3.64. The van der Waals surface area contributed by atoms with E-state index >= 15 is 0 Å². The van der Waals surface area contributed by atoms with Gasteiger partial charge in [0.15, 0.2) is 0 Å². The largest absolute Gasteiger partial charge is 0.405 e. The Kier molecular flexibility index (Phi) is 3.43. The van der Waals surface area contributed by atoms with Crippen molar-refractivity contribution in [2.24, 2.45) is 0 Å². The van der Waals surface area contributed by atoms with Crippen molar-refractivity contribution in [1.29, 1.82) is 0 Å². The Morgan fingerprint density at radius 1 is 1.62 bits per heavy atom. The summed E-state index contributed by atoms with van der Waals surface area (Å²) in [5.41, 5.74) is 0. The minimum absolute atomic E-state index is 0.479. The first-order valence-corrected chi connectivity index (χ1v) is 4.80. The summed E-state index contributed by atoms with van der Waals surface area (Å²) >= 11 is 1.49. The predicted molar refractivity (Wildman–Crippen MR) is 43.3 cm³/mol. The Morgan fingerprint density at radius 3 is 2.77 bits per heavy atom. The van der Waals surface area contributed by atoms with Crippen LogP contribution in [0.2, 0.25) is 0 Å². The normalized spacial score (nSPS) is 23.2. The van der Waals surface area contributed by atoms with Gasteiger partial charge in [0.25, 0.3) is 0 Å². The molecule has 1 fully saturated rings. The van der Waals surface area contributed by atoms with Crippen LogP contribution in [0.4, 0.5) is 13.2 Å². The molecule has 3 nitrogen and oxygen atoms in total. The average molecular weight is 214 g/mol. The van der Waals surface area contributed by atoms with Crippen LogP contribution in [0.3, 0.4) is 0 Å². The fourth-order valence-corrected chi connectivity index (χ4v) is 1.82. The zero-order valence-corrected chi connectivity index (χ0v) is 7.47. The molecular formula is C6H9F3N2OS. The average Bonchev–Trinajstić information content (AvgIpc) is 2.50. The summed E-state index contributed by atoms with van der Waals surface area (Å²) in [5.74, 6) is 0.565. The van der Waals surface area contributed by atoms with E-state index in [4.69, 9.17) is 0 Å². The lowest BCUT2D eigenvalue weighted by atomic mass is 10.3. The van der Waals surface area contributed by atoms with Crippen LogP contribution in [-0.4, -0.2) is 36.3 Å². The van der Waals surface area contributed by atoms with Gasteiger partial charge in [-0.1, -0.05) is 0 Å². The SMILES string of the molecule is O=C(NCC(F)(F)F)C1CSCN1. The maximum Gasteiger partial charge on any atom is 0.405 e. The molecule has 1 aliphatic heterocycles. The molecule has 0 saturated carbocycles. The van der Waals surface area contributed by atoms with Gasteiger partial charge < -0.3 is 5.32 Å². The minimum Gasteiger partial charge on any atom is -0.346 e. The first kappa shape index (κ1) is 10.6. The van der Waals surface area contributed by atoms with Crippen LogP contribution >= 0.6 is 11.8 Å². The molecular weight excluding hydrogens is 205 g/mol. The highest BCUT2D eigenvalue weighted by atomic mass is 32.2. The monoisotopic (exact) mass is 214 g/mol.